The Morgan fingerprint density at radius 2 is 1.95 bits per heavy atom. The summed E-state index contributed by atoms with van der Waals surface area (Å²) in [6.45, 7) is 2.83. The maximum Gasteiger partial charge on any atom is 0.122 e. The van der Waals surface area contributed by atoms with Crippen molar-refractivity contribution in [3.05, 3.63) is 53.6 Å². The fraction of sp³-hybridized carbons (Fsp3) is 0.438. The van der Waals surface area contributed by atoms with Gasteiger partial charge in [0.05, 0.1) is 6.54 Å². The number of hydrogen-bond acceptors (Lipinski definition) is 3. The van der Waals surface area contributed by atoms with E-state index in [-0.39, 0.29) is 0 Å². The first-order chi connectivity index (χ1) is 9.70. The summed E-state index contributed by atoms with van der Waals surface area (Å²) in [6, 6.07) is 8.68. The van der Waals surface area contributed by atoms with Crippen LogP contribution < -0.4 is 5.32 Å². The average Bonchev–Trinajstić information content (AvgIpc) is 2.83. The van der Waals surface area contributed by atoms with Gasteiger partial charge in [-0.2, -0.15) is 0 Å². The van der Waals surface area contributed by atoms with Crippen molar-refractivity contribution < 1.29 is 0 Å². The number of aryl methyl sites for hydroxylation is 1. The van der Waals surface area contributed by atoms with Gasteiger partial charge in [-0.15, -0.1) is 0 Å². The molecule has 0 aliphatic carbocycles. The highest BCUT2D eigenvalue weighted by Gasteiger charge is 2.08. The number of hydrogen-bond donors (Lipinski definition) is 1. The molecule has 108 valence electrons. The number of imidazole rings is 1. The highest BCUT2D eigenvalue weighted by Crippen LogP contribution is 2.13. The van der Waals surface area contributed by atoms with Crippen LogP contribution in [0.2, 0.25) is 0 Å². The van der Waals surface area contributed by atoms with Gasteiger partial charge >= 0.3 is 0 Å². The summed E-state index contributed by atoms with van der Waals surface area (Å²) in [5, 5.41) is 3.21. The molecule has 4 heteroatoms. The Hall–Kier alpha value is -1.65. The molecule has 20 heavy (non-hydrogen) atoms. The Morgan fingerprint density at radius 3 is 2.60 bits per heavy atom. The Morgan fingerprint density at radius 1 is 1.20 bits per heavy atom. The highest BCUT2D eigenvalue weighted by molar-refractivity contribution is 5.27. The Bertz CT molecular complexity index is 533. The first-order valence-electron chi connectivity index (χ1n) is 7.07. The lowest BCUT2D eigenvalue weighted by Gasteiger charge is -2.18. The van der Waals surface area contributed by atoms with E-state index in [1.165, 1.54) is 11.1 Å². The predicted molar refractivity (Wildman–Crippen MR) is 82.5 cm³/mol. The van der Waals surface area contributed by atoms with Crippen LogP contribution in [0.5, 0.6) is 0 Å². The molecule has 0 saturated heterocycles. The van der Waals surface area contributed by atoms with Crippen LogP contribution in [0.25, 0.3) is 0 Å². The minimum atomic E-state index is 0.865. The third-order valence-corrected chi connectivity index (χ3v) is 3.54. The molecule has 0 spiro atoms. The predicted octanol–water partition coefficient (Wildman–Crippen LogP) is 1.81. The smallest absolute Gasteiger partial charge is 0.122 e. The number of likely N-dealkylation sites (N-methyl/N-ethyl adjacent to an activating group) is 1. The van der Waals surface area contributed by atoms with E-state index in [4.69, 9.17) is 0 Å². The minimum absolute atomic E-state index is 0.865. The van der Waals surface area contributed by atoms with Crippen LogP contribution in [-0.4, -0.2) is 35.1 Å². The van der Waals surface area contributed by atoms with E-state index in [1.807, 2.05) is 26.5 Å². The molecule has 0 aliphatic rings. The maximum atomic E-state index is 4.38. The molecule has 0 radical (unpaired) electrons. The number of benzene rings is 1. The van der Waals surface area contributed by atoms with E-state index in [9.17, 15) is 0 Å². The molecule has 4 nitrogen and oxygen atoms in total. The van der Waals surface area contributed by atoms with E-state index in [0.29, 0.717) is 0 Å². The van der Waals surface area contributed by atoms with Crippen LogP contribution in [0.1, 0.15) is 17.0 Å². The Kier molecular flexibility index (Phi) is 5.32. The average molecular weight is 272 g/mol. The summed E-state index contributed by atoms with van der Waals surface area (Å²) in [7, 11) is 6.18. The lowest BCUT2D eigenvalue weighted by molar-refractivity contribution is 0.306. The fourth-order valence-electron chi connectivity index (χ4n) is 2.35. The summed E-state index contributed by atoms with van der Waals surface area (Å²) in [5.74, 6) is 1.10. The molecule has 2 aromatic rings. The molecular weight excluding hydrogens is 248 g/mol. The van der Waals surface area contributed by atoms with E-state index < -0.39 is 0 Å². The lowest BCUT2D eigenvalue weighted by Crippen LogP contribution is -2.21. The van der Waals surface area contributed by atoms with Crippen LogP contribution >= 0.6 is 0 Å². The van der Waals surface area contributed by atoms with E-state index in [0.717, 1.165) is 31.9 Å². The first-order valence-corrected chi connectivity index (χ1v) is 7.07. The van der Waals surface area contributed by atoms with Crippen molar-refractivity contribution in [3.8, 4) is 0 Å². The molecule has 1 aromatic carbocycles. The summed E-state index contributed by atoms with van der Waals surface area (Å²) in [6.07, 6.45) is 4.91. The third-order valence-electron chi connectivity index (χ3n) is 3.54. The van der Waals surface area contributed by atoms with Gasteiger partial charge in [-0.25, -0.2) is 4.98 Å². The van der Waals surface area contributed by atoms with Gasteiger partial charge in [0.1, 0.15) is 5.82 Å². The zero-order chi connectivity index (χ0) is 14.4. The molecule has 0 saturated carbocycles. The second-order valence-electron chi connectivity index (χ2n) is 5.25. The van der Waals surface area contributed by atoms with Crippen molar-refractivity contribution in [1.29, 1.82) is 0 Å². The number of nitrogens with zero attached hydrogens (tertiary/aromatic N) is 3. The summed E-state index contributed by atoms with van der Waals surface area (Å²) in [5.41, 5.74) is 2.83. The van der Waals surface area contributed by atoms with Gasteiger partial charge in [-0.05, 0) is 38.2 Å². The molecule has 0 atom stereocenters. The van der Waals surface area contributed by atoms with E-state index >= 15 is 0 Å². The number of aromatic nitrogens is 2. The maximum absolute atomic E-state index is 4.38. The lowest BCUT2D eigenvalue weighted by atomic mass is 10.0. The summed E-state index contributed by atoms with van der Waals surface area (Å²) >= 11 is 0. The zero-order valence-electron chi connectivity index (χ0n) is 12.6. The molecule has 0 aliphatic heterocycles. The monoisotopic (exact) mass is 272 g/mol. The van der Waals surface area contributed by atoms with Crippen molar-refractivity contribution in [1.82, 2.24) is 19.8 Å². The van der Waals surface area contributed by atoms with Gasteiger partial charge in [0.25, 0.3) is 0 Å². The second kappa shape index (κ2) is 7.22. The Balaban J connectivity index is 2.00. The second-order valence-corrected chi connectivity index (χ2v) is 5.25. The molecule has 1 aromatic heterocycles. The largest absolute Gasteiger partial charge is 0.337 e. The van der Waals surface area contributed by atoms with Gasteiger partial charge in [0.15, 0.2) is 0 Å². The molecule has 2 rings (SSSR count). The number of rotatable bonds is 7. The van der Waals surface area contributed by atoms with Gasteiger partial charge in [-0.3, -0.25) is 4.90 Å². The van der Waals surface area contributed by atoms with Crippen molar-refractivity contribution in [2.45, 2.75) is 19.5 Å². The molecular formula is C16H24N4. The number of nitrogens with one attached hydrogen (secondary N) is 1. The first kappa shape index (κ1) is 14.8. The SMILES string of the molecule is CNCCc1ccccc1CN(C)Cc1nccn1C. The fourth-order valence-corrected chi connectivity index (χ4v) is 2.35. The van der Waals surface area contributed by atoms with Crippen molar-refractivity contribution in [2.24, 2.45) is 7.05 Å². The summed E-state index contributed by atoms with van der Waals surface area (Å²) in [4.78, 5) is 6.69. The summed E-state index contributed by atoms with van der Waals surface area (Å²) < 4.78 is 2.07. The van der Waals surface area contributed by atoms with Crippen molar-refractivity contribution >= 4 is 0 Å². The molecule has 0 amide bonds. The van der Waals surface area contributed by atoms with Gasteiger partial charge in [0.2, 0.25) is 0 Å². The van der Waals surface area contributed by atoms with Gasteiger partial charge < -0.3 is 9.88 Å². The Labute approximate surface area is 121 Å². The van der Waals surface area contributed by atoms with Crippen LogP contribution in [0, 0.1) is 0 Å². The highest BCUT2D eigenvalue weighted by atomic mass is 15.1. The minimum Gasteiger partial charge on any atom is -0.337 e. The zero-order valence-corrected chi connectivity index (χ0v) is 12.6. The molecule has 0 bridgehead atoms. The molecule has 0 unspecified atom stereocenters. The molecule has 1 N–H and O–H groups in total. The molecule has 0 fully saturated rings. The van der Waals surface area contributed by atoms with Gasteiger partial charge in [0, 0.05) is 26.0 Å². The normalized spacial score (nSPS) is 11.2. The quantitative estimate of drug-likeness (QED) is 0.834. The van der Waals surface area contributed by atoms with Crippen LogP contribution in [0.15, 0.2) is 36.7 Å². The van der Waals surface area contributed by atoms with Crippen LogP contribution in [0.4, 0.5) is 0 Å². The van der Waals surface area contributed by atoms with E-state index in [1.54, 1.807) is 0 Å². The van der Waals surface area contributed by atoms with E-state index in [2.05, 4.69) is 51.1 Å². The molecule has 1 heterocycles. The standard InChI is InChI=1S/C16H24N4/c1-17-9-8-14-6-4-5-7-15(14)12-19(2)13-16-18-10-11-20(16)3/h4-7,10-11,17H,8-9,12-13H2,1-3H3. The van der Waals surface area contributed by atoms with Gasteiger partial charge in [-0.1, -0.05) is 24.3 Å². The van der Waals surface area contributed by atoms with Crippen LogP contribution in [0.3, 0.4) is 0 Å². The van der Waals surface area contributed by atoms with Crippen molar-refractivity contribution in [2.75, 3.05) is 20.6 Å². The topological polar surface area (TPSA) is 33.1 Å². The van der Waals surface area contributed by atoms with Crippen molar-refractivity contribution in [3.63, 3.8) is 0 Å². The van der Waals surface area contributed by atoms with Crippen LogP contribution in [-0.2, 0) is 26.6 Å². The third kappa shape index (κ3) is 3.92.